The van der Waals surface area contributed by atoms with Crippen molar-refractivity contribution in [2.75, 3.05) is 5.32 Å². The number of amides is 1. The zero-order chi connectivity index (χ0) is 15.6. The average molecular weight is 366 g/mol. The molecule has 0 saturated carbocycles. The van der Waals surface area contributed by atoms with Crippen molar-refractivity contribution in [3.8, 4) is 0 Å². The largest absolute Gasteiger partial charge is 0.477 e. The molecule has 10 nitrogen and oxygen atoms in total. The van der Waals surface area contributed by atoms with E-state index in [2.05, 4.69) is 20.5 Å². The van der Waals surface area contributed by atoms with Gasteiger partial charge in [0.2, 0.25) is 9.47 Å². The molecule has 2 heterocycles. The number of nitrogens with two attached hydrogens (primary N) is 1. The number of carboxylic acids is 1. The highest BCUT2D eigenvalue weighted by atomic mass is 35.5. The first-order chi connectivity index (χ1) is 9.77. The summed E-state index contributed by atoms with van der Waals surface area (Å²) in [5.41, 5.74) is -0.465. The molecule has 0 aliphatic carbocycles. The molecule has 22 heavy (non-hydrogen) atoms. The fraction of sp³-hybridized carbons (Fsp3) is 0. The molecule has 0 spiro atoms. The number of carbonyl (C=O) groups excluding carboxylic acids is 1. The Balaban J connectivity index is 0.00000242. The molecule has 0 atom stereocenters. The quantitative estimate of drug-likeness (QED) is 0.634. The van der Waals surface area contributed by atoms with Crippen LogP contribution in [-0.4, -0.2) is 40.6 Å². The van der Waals surface area contributed by atoms with Crippen LogP contribution in [-0.2, 0) is 10.0 Å². The Morgan fingerprint density at radius 1 is 1.23 bits per heavy atom. The first-order valence-electron chi connectivity index (χ1n) is 5.15. The molecule has 0 fully saturated rings. The van der Waals surface area contributed by atoms with Crippen LogP contribution in [0, 0.1) is 0 Å². The predicted molar refractivity (Wildman–Crippen MR) is 77.7 cm³/mol. The number of aromatic nitrogens is 3. The van der Waals surface area contributed by atoms with Crippen molar-refractivity contribution in [3.05, 3.63) is 29.6 Å². The SMILES string of the molecule is Cl.NS(=O)(=O)c1nnc(NC(=O)c2cccc(C(=O)O)n2)s1. The van der Waals surface area contributed by atoms with E-state index < -0.39 is 26.2 Å². The van der Waals surface area contributed by atoms with Crippen LogP contribution in [0.1, 0.15) is 21.0 Å². The molecule has 0 radical (unpaired) electrons. The Bertz CT molecular complexity index is 821. The summed E-state index contributed by atoms with van der Waals surface area (Å²) in [5, 5.41) is 22.5. The monoisotopic (exact) mass is 365 g/mol. The number of carbonyl (C=O) groups is 2. The van der Waals surface area contributed by atoms with Gasteiger partial charge >= 0.3 is 5.97 Å². The van der Waals surface area contributed by atoms with Crippen LogP contribution >= 0.6 is 23.7 Å². The molecule has 2 aromatic heterocycles. The number of hydrogen-bond acceptors (Lipinski definition) is 8. The Morgan fingerprint density at radius 2 is 1.86 bits per heavy atom. The Morgan fingerprint density at radius 3 is 2.41 bits per heavy atom. The number of aromatic carboxylic acids is 1. The van der Waals surface area contributed by atoms with Crippen molar-refractivity contribution in [3.63, 3.8) is 0 Å². The summed E-state index contributed by atoms with van der Waals surface area (Å²) in [7, 11) is -4.00. The van der Waals surface area contributed by atoms with Crippen LogP contribution < -0.4 is 10.5 Å². The van der Waals surface area contributed by atoms with E-state index >= 15 is 0 Å². The van der Waals surface area contributed by atoms with Gasteiger partial charge in [0, 0.05) is 0 Å². The minimum Gasteiger partial charge on any atom is -0.477 e. The molecular weight excluding hydrogens is 358 g/mol. The summed E-state index contributed by atoms with van der Waals surface area (Å²) < 4.78 is 21.6. The van der Waals surface area contributed by atoms with E-state index in [-0.39, 0.29) is 28.9 Å². The van der Waals surface area contributed by atoms with Crippen LogP contribution in [0.5, 0.6) is 0 Å². The second-order valence-corrected chi connectivity index (χ2v) is 6.30. The van der Waals surface area contributed by atoms with E-state index in [1.807, 2.05) is 0 Å². The van der Waals surface area contributed by atoms with Gasteiger partial charge < -0.3 is 5.11 Å². The van der Waals surface area contributed by atoms with Crippen molar-refractivity contribution >= 4 is 50.8 Å². The van der Waals surface area contributed by atoms with Crippen LogP contribution in [0.25, 0.3) is 0 Å². The summed E-state index contributed by atoms with van der Waals surface area (Å²) in [6.45, 7) is 0. The molecule has 0 bridgehead atoms. The number of rotatable bonds is 4. The second kappa shape index (κ2) is 6.74. The highest BCUT2D eigenvalue weighted by Gasteiger charge is 2.18. The van der Waals surface area contributed by atoms with Crippen molar-refractivity contribution in [1.82, 2.24) is 15.2 Å². The zero-order valence-corrected chi connectivity index (χ0v) is 12.9. The molecule has 4 N–H and O–H groups in total. The van der Waals surface area contributed by atoms with Gasteiger partial charge in [0.15, 0.2) is 0 Å². The minimum absolute atomic E-state index is 0. The lowest BCUT2D eigenvalue weighted by Crippen LogP contribution is -2.15. The van der Waals surface area contributed by atoms with Crippen molar-refractivity contribution in [1.29, 1.82) is 0 Å². The maximum atomic E-state index is 11.8. The van der Waals surface area contributed by atoms with E-state index in [1.54, 1.807) is 0 Å². The number of pyridine rings is 1. The van der Waals surface area contributed by atoms with E-state index in [0.717, 1.165) is 0 Å². The third-order valence-corrected chi connectivity index (χ3v) is 4.22. The Hall–Kier alpha value is -2.15. The van der Waals surface area contributed by atoms with E-state index in [4.69, 9.17) is 10.2 Å². The van der Waals surface area contributed by atoms with Crippen LogP contribution in [0.2, 0.25) is 0 Å². The summed E-state index contributed by atoms with van der Waals surface area (Å²) in [5.74, 6) is -2.03. The summed E-state index contributed by atoms with van der Waals surface area (Å²) in [4.78, 5) is 26.2. The molecule has 1 amide bonds. The van der Waals surface area contributed by atoms with Gasteiger partial charge in [-0.1, -0.05) is 17.4 Å². The van der Waals surface area contributed by atoms with Crippen molar-refractivity contribution < 1.29 is 23.1 Å². The normalized spacial score (nSPS) is 10.6. The van der Waals surface area contributed by atoms with E-state index in [9.17, 15) is 18.0 Å². The molecule has 0 saturated heterocycles. The highest BCUT2D eigenvalue weighted by Crippen LogP contribution is 2.18. The first kappa shape index (κ1) is 17.9. The van der Waals surface area contributed by atoms with Crippen LogP contribution in [0.4, 0.5) is 5.13 Å². The minimum atomic E-state index is -4.00. The first-order valence-corrected chi connectivity index (χ1v) is 7.51. The molecule has 2 aromatic rings. The standard InChI is InChI=1S/C9H7N5O5S2.ClH/c10-21(18,19)9-14-13-8(20-9)12-6(15)4-2-1-3-5(11-4)7(16)17;/h1-3H,(H,16,17)(H2,10,18,19)(H,12,13,15);1H. The van der Waals surface area contributed by atoms with Gasteiger partial charge in [-0.05, 0) is 12.1 Å². The third-order valence-electron chi connectivity index (χ3n) is 2.07. The molecule has 0 unspecified atom stereocenters. The molecule has 13 heteroatoms. The number of anilines is 1. The number of hydrogen-bond donors (Lipinski definition) is 3. The third kappa shape index (κ3) is 4.17. The van der Waals surface area contributed by atoms with Crippen molar-refractivity contribution in [2.45, 2.75) is 4.34 Å². The number of halogens is 1. The summed E-state index contributed by atoms with van der Waals surface area (Å²) in [6, 6.07) is 3.87. The lowest BCUT2D eigenvalue weighted by atomic mass is 10.3. The number of carboxylic acid groups (broad SMARTS) is 1. The van der Waals surface area contributed by atoms with Crippen LogP contribution in [0.3, 0.4) is 0 Å². The van der Waals surface area contributed by atoms with Gasteiger partial charge in [-0.15, -0.1) is 22.6 Å². The summed E-state index contributed by atoms with van der Waals surface area (Å²) >= 11 is 0.562. The molecule has 0 aliphatic rings. The number of sulfonamides is 1. The van der Waals surface area contributed by atoms with Crippen molar-refractivity contribution in [2.24, 2.45) is 5.14 Å². The molecule has 0 aromatic carbocycles. The van der Waals surface area contributed by atoms with Gasteiger partial charge in [-0.3, -0.25) is 10.1 Å². The molecule has 2 rings (SSSR count). The van der Waals surface area contributed by atoms with Gasteiger partial charge in [0.05, 0.1) is 0 Å². The number of nitrogens with one attached hydrogen (secondary N) is 1. The topological polar surface area (TPSA) is 165 Å². The molecule has 0 aliphatic heterocycles. The fourth-order valence-corrected chi connectivity index (χ4v) is 2.55. The van der Waals surface area contributed by atoms with Gasteiger partial charge in [-0.25, -0.2) is 23.3 Å². The van der Waals surface area contributed by atoms with Gasteiger partial charge in [0.25, 0.3) is 15.9 Å². The number of primary sulfonamides is 1. The predicted octanol–water partition coefficient (Wildman–Crippen LogP) is -0.0472. The van der Waals surface area contributed by atoms with E-state index in [0.29, 0.717) is 11.3 Å². The number of nitrogens with zero attached hydrogens (tertiary/aromatic N) is 3. The lowest BCUT2D eigenvalue weighted by Gasteiger charge is -2.01. The fourth-order valence-electron chi connectivity index (χ4n) is 1.22. The average Bonchev–Trinajstić information content (AvgIpc) is 2.87. The van der Waals surface area contributed by atoms with Crippen LogP contribution in [0.15, 0.2) is 22.5 Å². The molecule has 118 valence electrons. The lowest BCUT2D eigenvalue weighted by molar-refractivity contribution is 0.0690. The molecular formula is C9H8ClN5O5S2. The van der Waals surface area contributed by atoms with Gasteiger partial charge in [-0.2, -0.15) is 0 Å². The van der Waals surface area contributed by atoms with Gasteiger partial charge in [0.1, 0.15) is 11.4 Å². The highest BCUT2D eigenvalue weighted by molar-refractivity contribution is 7.91. The zero-order valence-electron chi connectivity index (χ0n) is 10.5. The Kier molecular flexibility index (Phi) is 5.48. The maximum absolute atomic E-state index is 11.8. The maximum Gasteiger partial charge on any atom is 0.354 e. The summed E-state index contributed by atoms with van der Waals surface area (Å²) in [6.07, 6.45) is 0. The smallest absolute Gasteiger partial charge is 0.354 e. The Labute approximate surface area is 133 Å². The van der Waals surface area contributed by atoms with E-state index in [1.165, 1.54) is 18.2 Å². The second-order valence-electron chi connectivity index (χ2n) is 3.59.